The third kappa shape index (κ3) is 4.30. The highest BCUT2D eigenvalue weighted by molar-refractivity contribution is 9.10. The smallest absolute Gasteiger partial charge is 0.451 e. The van der Waals surface area contributed by atoms with Crippen LogP contribution in [0, 0.1) is 0 Å². The van der Waals surface area contributed by atoms with E-state index in [2.05, 4.69) is 25.9 Å². The summed E-state index contributed by atoms with van der Waals surface area (Å²) in [6, 6.07) is 8.36. The maximum absolute atomic E-state index is 12.6. The average molecular weight is 363 g/mol. The van der Waals surface area contributed by atoms with E-state index in [0.717, 1.165) is 10.0 Å². The van der Waals surface area contributed by atoms with Crippen molar-refractivity contribution in [1.82, 2.24) is 9.97 Å². The molecule has 3 N–H and O–H groups in total. The van der Waals surface area contributed by atoms with Gasteiger partial charge in [-0.05, 0) is 17.7 Å². The third-order valence-electron chi connectivity index (χ3n) is 2.38. The fraction of sp³-hybridized carbons (Fsp3) is 0.167. The minimum Gasteiger partial charge on any atom is -0.473 e. The molecule has 0 bridgehead atoms. The number of hydrogen-bond acceptors (Lipinski definition) is 5. The number of benzene rings is 1. The summed E-state index contributed by atoms with van der Waals surface area (Å²) >= 11 is 3.29. The number of rotatable bonds is 4. The van der Waals surface area contributed by atoms with Crippen LogP contribution < -0.4 is 16.0 Å². The molecule has 0 spiro atoms. The molecular formula is C12H10BrF3N4O. The van der Waals surface area contributed by atoms with Crippen LogP contribution >= 0.6 is 15.9 Å². The van der Waals surface area contributed by atoms with Crippen LogP contribution in [0.25, 0.3) is 0 Å². The highest BCUT2D eigenvalue weighted by Crippen LogP contribution is 2.29. The molecule has 0 radical (unpaired) electrons. The third-order valence-corrected chi connectivity index (χ3v) is 2.87. The largest absolute Gasteiger partial charge is 0.473 e. The van der Waals surface area contributed by atoms with Gasteiger partial charge in [0.1, 0.15) is 12.4 Å². The molecule has 0 aliphatic heterocycles. The first kappa shape index (κ1) is 15.5. The van der Waals surface area contributed by atoms with Crippen molar-refractivity contribution in [3.63, 3.8) is 0 Å². The first-order chi connectivity index (χ1) is 9.88. The maximum atomic E-state index is 12.6. The number of hydrazine groups is 1. The van der Waals surface area contributed by atoms with Gasteiger partial charge in [0.25, 0.3) is 0 Å². The normalized spacial score (nSPS) is 11.3. The zero-order chi connectivity index (χ0) is 15.5. The van der Waals surface area contributed by atoms with Crippen molar-refractivity contribution in [2.75, 3.05) is 5.43 Å². The summed E-state index contributed by atoms with van der Waals surface area (Å²) in [5, 5.41) is 0. The number of alkyl halides is 3. The second-order valence-corrected chi connectivity index (χ2v) is 4.89. The summed E-state index contributed by atoms with van der Waals surface area (Å²) in [6.45, 7) is 0.0672. The van der Waals surface area contributed by atoms with Gasteiger partial charge in [-0.25, -0.2) is 10.8 Å². The molecule has 0 aliphatic carbocycles. The van der Waals surface area contributed by atoms with Crippen LogP contribution in [0.2, 0.25) is 0 Å². The van der Waals surface area contributed by atoms with Crippen LogP contribution in [-0.2, 0) is 12.8 Å². The zero-order valence-corrected chi connectivity index (χ0v) is 12.1. The summed E-state index contributed by atoms with van der Waals surface area (Å²) < 4.78 is 44.0. The van der Waals surface area contributed by atoms with Crippen LogP contribution in [0.5, 0.6) is 5.88 Å². The van der Waals surface area contributed by atoms with Gasteiger partial charge in [-0.2, -0.15) is 18.2 Å². The van der Waals surface area contributed by atoms with Gasteiger partial charge in [-0.1, -0.05) is 28.1 Å². The Morgan fingerprint density at radius 1 is 1.24 bits per heavy atom. The molecule has 1 heterocycles. The predicted octanol–water partition coefficient (Wildman–Crippen LogP) is 3.12. The molecule has 112 valence electrons. The minimum atomic E-state index is -4.68. The van der Waals surface area contributed by atoms with Crippen LogP contribution in [0.15, 0.2) is 34.8 Å². The molecule has 1 aromatic heterocycles. The number of nitrogens with one attached hydrogen (secondary N) is 1. The Balaban J connectivity index is 2.19. The Hall–Kier alpha value is -1.87. The van der Waals surface area contributed by atoms with Gasteiger partial charge >= 0.3 is 6.18 Å². The molecular weight excluding hydrogens is 353 g/mol. The molecule has 0 saturated carbocycles. The Labute approximate surface area is 126 Å². The summed E-state index contributed by atoms with van der Waals surface area (Å²) in [4.78, 5) is 6.56. The monoisotopic (exact) mass is 362 g/mol. The van der Waals surface area contributed by atoms with Gasteiger partial charge in [0, 0.05) is 10.5 Å². The van der Waals surface area contributed by atoms with E-state index >= 15 is 0 Å². The van der Waals surface area contributed by atoms with E-state index in [1.807, 2.05) is 11.5 Å². The summed E-state index contributed by atoms with van der Waals surface area (Å²) in [5.41, 5.74) is 2.83. The number of aromatic nitrogens is 2. The van der Waals surface area contributed by atoms with Gasteiger partial charge in [0.05, 0.1) is 0 Å². The lowest BCUT2D eigenvalue weighted by molar-refractivity contribution is -0.145. The number of hydrogen-bond donors (Lipinski definition) is 2. The zero-order valence-electron chi connectivity index (χ0n) is 10.5. The lowest BCUT2D eigenvalue weighted by atomic mass is 10.2. The highest BCUT2D eigenvalue weighted by Gasteiger charge is 2.35. The van der Waals surface area contributed by atoms with Crippen LogP contribution in [0.1, 0.15) is 11.4 Å². The number of halogens is 4. The number of ether oxygens (including phenoxy) is 1. The minimum absolute atomic E-state index is 0.0672. The Kier molecular flexibility index (Phi) is 4.63. The molecule has 0 atom stereocenters. The molecule has 0 saturated heterocycles. The van der Waals surface area contributed by atoms with E-state index in [1.165, 1.54) is 6.07 Å². The maximum Gasteiger partial charge on any atom is 0.451 e. The van der Waals surface area contributed by atoms with Crippen molar-refractivity contribution in [1.29, 1.82) is 0 Å². The van der Waals surface area contributed by atoms with Crippen molar-refractivity contribution in [2.45, 2.75) is 12.8 Å². The standard InChI is InChI=1S/C12H10BrF3N4O/c13-8-3-1-2-7(4-8)6-21-10-5-9(20-17)18-11(19-10)12(14,15)16/h1-5H,6,17H2,(H,18,19,20). The van der Waals surface area contributed by atoms with E-state index in [-0.39, 0.29) is 18.3 Å². The molecule has 21 heavy (non-hydrogen) atoms. The van der Waals surface area contributed by atoms with Gasteiger partial charge in [-0.3, -0.25) is 0 Å². The molecule has 0 amide bonds. The van der Waals surface area contributed by atoms with Crippen LogP contribution in [0.3, 0.4) is 0 Å². The van der Waals surface area contributed by atoms with Gasteiger partial charge in [-0.15, -0.1) is 0 Å². The quantitative estimate of drug-likeness (QED) is 0.645. The first-order valence-corrected chi connectivity index (χ1v) is 6.48. The second-order valence-electron chi connectivity index (χ2n) is 3.98. The molecule has 1 aromatic carbocycles. The van der Waals surface area contributed by atoms with E-state index in [9.17, 15) is 13.2 Å². The predicted molar refractivity (Wildman–Crippen MR) is 73.3 cm³/mol. The SMILES string of the molecule is NNc1cc(OCc2cccc(Br)c2)nc(C(F)(F)F)n1. The van der Waals surface area contributed by atoms with E-state index in [1.54, 1.807) is 18.2 Å². The first-order valence-electron chi connectivity index (χ1n) is 5.68. The second kappa shape index (κ2) is 6.27. The van der Waals surface area contributed by atoms with Crippen LogP contribution in [-0.4, -0.2) is 9.97 Å². The van der Waals surface area contributed by atoms with Gasteiger partial charge in [0.2, 0.25) is 11.7 Å². The topological polar surface area (TPSA) is 73.1 Å². The summed E-state index contributed by atoms with van der Waals surface area (Å²) in [5.74, 6) is 3.37. The number of nitrogen functional groups attached to an aromatic ring is 1. The summed E-state index contributed by atoms with van der Waals surface area (Å²) in [7, 11) is 0. The van der Waals surface area contributed by atoms with Crippen molar-refractivity contribution in [3.8, 4) is 5.88 Å². The molecule has 2 aromatic rings. The Morgan fingerprint density at radius 2 is 2.00 bits per heavy atom. The van der Waals surface area contributed by atoms with Crippen molar-refractivity contribution in [3.05, 3.63) is 46.2 Å². The number of anilines is 1. The molecule has 0 aliphatic rings. The van der Waals surface area contributed by atoms with Crippen molar-refractivity contribution in [2.24, 2.45) is 5.84 Å². The lowest BCUT2D eigenvalue weighted by Crippen LogP contribution is -2.16. The van der Waals surface area contributed by atoms with E-state index < -0.39 is 12.0 Å². The Morgan fingerprint density at radius 3 is 2.62 bits per heavy atom. The fourth-order valence-corrected chi connectivity index (χ4v) is 1.93. The van der Waals surface area contributed by atoms with Crippen LogP contribution in [0.4, 0.5) is 19.0 Å². The van der Waals surface area contributed by atoms with E-state index in [4.69, 9.17) is 10.6 Å². The molecule has 0 fully saturated rings. The molecule has 2 rings (SSSR count). The fourth-order valence-electron chi connectivity index (χ4n) is 1.48. The van der Waals surface area contributed by atoms with E-state index in [0.29, 0.717) is 0 Å². The molecule has 9 heteroatoms. The number of nitrogens with two attached hydrogens (primary N) is 1. The lowest BCUT2D eigenvalue weighted by Gasteiger charge is -2.11. The summed E-state index contributed by atoms with van der Waals surface area (Å²) in [6.07, 6.45) is -4.68. The number of nitrogens with zero attached hydrogens (tertiary/aromatic N) is 2. The average Bonchev–Trinajstić information content (AvgIpc) is 2.44. The Bertz CT molecular complexity index is 636. The van der Waals surface area contributed by atoms with Gasteiger partial charge in [0.15, 0.2) is 0 Å². The van der Waals surface area contributed by atoms with Gasteiger partial charge < -0.3 is 10.2 Å². The van der Waals surface area contributed by atoms with Crippen molar-refractivity contribution >= 4 is 21.7 Å². The highest BCUT2D eigenvalue weighted by atomic mass is 79.9. The van der Waals surface area contributed by atoms with Crippen molar-refractivity contribution < 1.29 is 17.9 Å². The molecule has 0 unspecified atom stereocenters. The molecule has 5 nitrogen and oxygen atoms in total.